The first-order chi connectivity index (χ1) is 10.6. The monoisotopic (exact) mass is 350 g/mol. The van der Waals surface area contributed by atoms with Gasteiger partial charge in [0.15, 0.2) is 4.34 Å². The maximum atomic E-state index is 12.7. The van der Waals surface area contributed by atoms with Crippen molar-refractivity contribution < 1.29 is 4.79 Å². The van der Waals surface area contributed by atoms with Crippen molar-refractivity contribution in [3.63, 3.8) is 0 Å². The third-order valence-electron chi connectivity index (χ3n) is 3.46. The highest BCUT2D eigenvalue weighted by Crippen LogP contribution is 2.37. The highest BCUT2D eigenvalue weighted by atomic mass is 32.2. The van der Waals surface area contributed by atoms with Crippen molar-refractivity contribution in [3.05, 3.63) is 35.3 Å². The second-order valence-electron chi connectivity index (χ2n) is 5.27. The minimum absolute atomic E-state index is 0.167. The highest BCUT2D eigenvalue weighted by molar-refractivity contribution is 8.01. The molecular weight excluding hydrogens is 332 g/mol. The molecule has 1 aliphatic heterocycles. The molecule has 0 saturated heterocycles. The molecule has 3 rings (SSSR count). The van der Waals surface area contributed by atoms with Crippen LogP contribution in [0, 0.1) is 6.92 Å². The van der Waals surface area contributed by atoms with Crippen LogP contribution < -0.4 is 4.90 Å². The van der Waals surface area contributed by atoms with Crippen molar-refractivity contribution in [1.29, 1.82) is 0 Å². The lowest BCUT2D eigenvalue weighted by Crippen LogP contribution is -2.33. The van der Waals surface area contributed by atoms with Crippen molar-refractivity contribution >= 4 is 46.5 Å². The summed E-state index contributed by atoms with van der Waals surface area (Å²) in [5.41, 5.74) is 2.07. The molecule has 6 heteroatoms. The lowest BCUT2D eigenvalue weighted by atomic mass is 10.2. The molecular formula is C16H18N2OS3. The molecule has 1 aliphatic rings. The average Bonchev–Trinajstić information content (AvgIpc) is 2.84. The van der Waals surface area contributed by atoms with Gasteiger partial charge in [-0.2, -0.15) is 0 Å². The Morgan fingerprint density at radius 3 is 3.05 bits per heavy atom. The fourth-order valence-electron chi connectivity index (χ4n) is 2.35. The normalized spacial score (nSPS) is 17.9. The van der Waals surface area contributed by atoms with Gasteiger partial charge in [0.25, 0.3) is 0 Å². The molecule has 2 heterocycles. The van der Waals surface area contributed by atoms with E-state index < -0.39 is 0 Å². The quantitative estimate of drug-likeness (QED) is 0.765. The van der Waals surface area contributed by atoms with Crippen LogP contribution in [-0.4, -0.2) is 28.4 Å². The summed E-state index contributed by atoms with van der Waals surface area (Å²) in [5.74, 6) is 0.611. The van der Waals surface area contributed by atoms with Crippen molar-refractivity contribution in [2.24, 2.45) is 0 Å². The number of thiazole rings is 1. The number of carbonyl (C=O) groups is 1. The second-order valence-corrected chi connectivity index (χ2v) is 8.83. The Hall–Kier alpha value is -0.980. The molecule has 116 valence electrons. The summed E-state index contributed by atoms with van der Waals surface area (Å²) in [4.78, 5) is 20.2. The number of anilines is 1. The SMILES string of the molecule is Cc1csc(SCC(=O)N2CC[C@@H](C)Sc3ccccc32)n1. The number of carbonyl (C=O) groups excluding carboxylic acids is 1. The van der Waals surface area contributed by atoms with Gasteiger partial charge in [-0.3, -0.25) is 4.79 Å². The molecule has 0 radical (unpaired) electrons. The zero-order valence-electron chi connectivity index (χ0n) is 12.6. The number of aromatic nitrogens is 1. The van der Waals surface area contributed by atoms with E-state index in [1.54, 1.807) is 11.3 Å². The minimum Gasteiger partial charge on any atom is -0.311 e. The average molecular weight is 351 g/mol. The van der Waals surface area contributed by atoms with E-state index in [2.05, 4.69) is 24.0 Å². The standard InChI is InChI=1S/C16H18N2OS3/c1-11-9-20-16(17-11)21-10-15(19)18-8-7-12(2)22-14-6-4-3-5-13(14)18/h3-6,9,12H,7-8,10H2,1-2H3/t12-/m1/s1. The van der Waals surface area contributed by atoms with Gasteiger partial charge >= 0.3 is 0 Å². The van der Waals surface area contributed by atoms with Crippen LogP contribution in [0.4, 0.5) is 5.69 Å². The number of hydrogen-bond acceptors (Lipinski definition) is 5. The molecule has 22 heavy (non-hydrogen) atoms. The smallest absolute Gasteiger partial charge is 0.237 e. The molecule has 0 spiro atoms. The van der Waals surface area contributed by atoms with Crippen LogP contribution in [0.15, 0.2) is 38.9 Å². The molecule has 0 bridgehead atoms. The Kier molecular flexibility index (Phi) is 5.10. The zero-order chi connectivity index (χ0) is 15.5. The van der Waals surface area contributed by atoms with Crippen molar-refractivity contribution in [3.8, 4) is 0 Å². The summed E-state index contributed by atoms with van der Waals surface area (Å²) in [6, 6.07) is 8.21. The molecule has 1 aromatic carbocycles. The molecule has 1 atom stereocenters. The van der Waals surface area contributed by atoms with Crippen LogP contribution in [0.2, 0.25) is 0 Å². The molecule has 0 aliphatic carbocycles. The van der Waals surface area contributed by atoms with Crippen LogP contribution in [-0.2, 0) is 4.79 Å². The number of amides is 1. The fraction of sp³-hybridized carbons (Fsp3) is 0.375. The molecule has 0 saturated carbocycles. The summed E-state index contributed by atoms with van der Waals surface area (Å²) < 4.78 is 0.969. The Balaban J connectivity index is 1.74. The van der Waals surface area contributed by atoms with Gasteiger partial charge in [-0.05, 0) is 25.5 Å². The van der Waals surface area contributed by atoms with E-state index in [9.17, 15) is 4.79 Å². The van der Waals surface area contributed by atoms with Crippen molar-refractivity contribution in [2.75, 3.05) is 17.2 Å². The molecule has 1 amide bonds. The molecule has 0 fully saturated rings. The summed E-state index contributed by atoms with van der Waals surface area (Å²) in [7, 11) is 0. The number of para-hydroxylation sites is 1. The van der Waals surface area contributed by atoms with Gasteiger partial charge in [0.2, 0.25) is 5.91 Å². The van der Waals surface area contributed by atoms with E-state index in [1.807, 2.05) is 41.1 Å². The summed E-state index contributed by atoms with van der Waals surface area (Å²) in [6.45, 7) is 5.00. The van der Waals surface area contributed by atoms with Crippen LogP contribution in [0.5, 0.6) is 0 Å². The minimum atomic E-state index is 0.167. The predicted molar refractivity (Wildman–Crippen MR) is 96.3 cm³/mol. The molecule has 2 aromatic rings. The molecule has 3 nitrogen and oxygen atoms in total. The van der Waals surface area contributed by atoms with Crippen LogP contribution in [0.3, 0.4) is 0 Å². The van der Waals surface area contributed by atoms with Crippen LogP contribution in [0.25, 0.3) is 0 Å². The number of benzene rings is 1. The number of thioether (sulfide) groups is 2. The first kappa shape index (κ1) is 15.9. The fourth-order valence-corrected chi connectivity index (χ4v) is 5.18. The molecule has 0 unspecified atom stereocenters. The lowest BCUT2D eigenvalue weighted by molar-refractivity contribution is -0.116. The number of aryl methyl sites for hydroxylation is 1. The van der Waals surface area contributed by atoms with Gasteiger partial charge in [-0.1, -0.05) is 30.8 Å². The van der Waals surface area contributed by atoms with Gasteiger partial charge in [-0.25, -0.2) is 4.98 Å². The van der Waals surface area contributed by atoms with E-state index >= 15 is 0 Å². The number of hydrogen-bond donors (Lipinski definition) is 0. The van der Waals surface area contributed by atoms with Gasteiger partial charge in [0.05, 0.1) is 11.4 Å². The Morgan fingerprint density at radius 2 is 2.27 bits per heavy atom. The van der Waals surface area contributed by atoms with Gasteiger partial charge in [0, 0.05) is 27.8 Å². The Morgan fingerprint density at radius 1 is 1.45 bits per heavy atom. The van der Waals surface area contributed by atoms with E-state index in [0.717, 1.165) is 28.7 Å². The van der Waals surface area contributed by atoms with Crippen molar-refractivity contribution in [1.82, 2.24) is 4.98 Å². The van der Waals surface area contributed by atoms with E-state index in [1.165, 1.54) is 16.7 Å². The lowest BCUT2D eigenvalue weighted by Gasteiger charge is -2.22. The van der Waals surface area contributed by atoms with E-state index in [4.69, 9.17) is 0 Å². The molecule has 0 N–H and O–H groups in total. The Labute approximate surface area is 143 Å². The number of fused-ring (bicyclic) bond motifs is 1. The third kappa shape index (κ3) is 3.67. The maximum Gasteiger partial charge on any atom is 0.237 e. The maximum absolute atomic E-state index is 12.7. The highest BCUT2D eigenvalue weighted by Gasteiger charge is 2.24. The van der Waals surface area contributed by atoms with Crippen molar-refractivity contribution in [2.45, 2.75) is 34.8 Å². The van der Waals surface area contributed by atoms with Gasteiger partial charge in [-0.15, -0.1) is 23.1 Å². The third-order valence-corrected chi connectivity index (χ3v) is 6.82. The predicted octanol–water partition coefficient (Wildman–Crippen LogP) is 4.46. The first-order valence-electron chi connectivity index (χ1n) is 7.24. The van der Waals surface area contributed by atoms with Crippen LogP contribution in [0.1, 0.15) is 19.0 Å². The molecule has 1 aromatic heterocycles. The summed E-state index contributed by atoms with van der Waals surface area (Å²) >= 11 is 5.00. The van der Waals surface area contributed by atoms with E-state index in [-0.39, 0.29) is 5.91 Å². The van der Waals surface area contributed by atoms with Gasteiger partial charge in [0.1, 0.15) is 0 Å². The first-order valence-corrected chi connectivity index (χ1v) is 9.99. The number of rotatable bonds is 3. The summed E-state index contributed by atoms with van der Waals surface area (Å²) in [5, 5.41) is 2.56. The zero-order valence-corrected chi connectivity index (χ0v) is 15.1. The topological polar surface area (TPSA) is 33.2 Å². The second kappa shape index (κ2) is 7.06. The number of nitrogens with zero attached hydrogens (tertiary/aromatic N) is 2. The van der Waals surface area contributed by atoms with Gasteiger partial charge < -0.3 is 4.90 Å². The Bertz CT molecular complexity index is 671. The largest absolute Gasteiger partial charge is 0.311 e. The van der Waals surface area contributed by atoms with E-state index in [0.29, 0.717) is 11.0 Å². The van der Waals surface area contributed by atoms with Crippen LogP contribution >= 0.6 is 34.9 Å². The summed E-state index contributed by atoms with van der Waals surface area (Å²) in [6.07, 6.45) is 1.02.